The number of aryl methyl sites for hydroxylation is 1. The number of hydrogen-bond donors (Lipinski definition) is 2. The molecule has 0 radical (unpaired) electrons. The first-order valence-corrected chi connectivity index (χ1v) is 10.0. The third-order valence-corrected chi connectivity index (χ3v) is 5.59. The van der Waals surface area contributed by atoms with Gasteiger partial charge < -0.3 is 10.6 Å². The fourth-order valence-electron chi connectivity index (χ4n) is 2.46. The van der Waals surface area contributed by atoms with Gasteiger partial charge in [-0.2, -0.15) is 0 Å². The van der Waals surface area contributed by atoms with E-state index in [1.807, 2.05) is 25.1 Å². The Bertz CT molecular complexity index is 1020. The second kappa shape index (κ2) is 9.19. The van der Waals surface area contributed by atoms with E-state index in [9.17, 15) is 9.59 Å². The van der Waals surface area contributed by atoms with E-state index in [0.29, 0.717) is 22.1 Å². The van der Waals surface area contributed by atoms with Crippen LogP contribution >= 0.6 is 34.5 Å². The van der Waals surface area contributed by atoms with Crippen molar-refractivity contribution in [2.24, 2.45) is 0 Å². The zero-order valence-electron chi connectivity index (χ0n) is 15.0. The van der Waals surface area contributed by atoms with Gasteiger partial charge in [0.1, 0.15) is 0 Å². The van der Waals surface area contributed by atoms with Crippen molar-refractivity contribution < 1.29 is 9.59 Å². The van der Waals surface area contributed by atoms with Crippen LogP contribution in [0.25, 0.3) is 0 Å². The SMILES string of the molecule is Cc1ccc(Cc2cnc(NC(=O)CNC(=O)c3ccccc3Cl)s2)cc1Cl. The van der Waals surface area contributed by atoms with Gasteiger partial charge in [-0.05, 0) is 36.2 Å². The maximum atomic E-state index is 12.1. The lowest BCUT2D eigenvalue weighted by atomic mass is 10.1. The average molecular weight is 434 g/mol. The largest absolute Gasteiger partial charge is 0.343 e. The molecule has 0 atom stereocenters. The fourth-order valence-corrected chi connectivity index (χ4v) is 3.75. The van der Waals surface area contributed by atoms with E-state index < -0.39 is 5.91 Å². The molecule has 5 nitrogen and oxygen atoms in total. The number of carbonyl (C=O) groups excluding carboxylic acids is 2. The van der Waals surface area contributed by atoms with E-state index >= 15 is 0 Å². The summed E-state index contributed by atoms with van der Waals surface area (Å²) in [4.78, 5) is 29.4. The van der Waals surface area contributed by atoms with E-state index in [-0.39, 0.29) is 12.5 Å². The average Bonchev–Trinajstić information content (AvgIpc) is 3.10. The number of hydrogen-bond acceptors (Lipinski definition) is 4. The van der Waals surface area contributed by atoms with Crippen LogP contribution in [-0.2, 0) is 11.2 Å². The summed E-state index contributed by atoms with van der Waals surface area (Å²) in [6.07, 6.45) is 2.40. The standard InChI is InChI=1S/C20H17Cl2N3O2S/c1-12-6-7-13(9-17(12)22)8-14-10-24-20(28-14)25-18(26)11-23-19(27)15-4-2-3-5-16(15)21/h2-7,9-10H,8,11H2,1H3,(H,23,27)(H,24,25,26). The maximum absolute atomic E-state index is 12.1. The molecule has 0 aliphatic heterocycles. The number of rotatable bonds is 6. The molecule has 0 spiro atoms. The highest BCUT2D eigenvalue weighted by molar-refractivity contribution is 7.15. The highest BCUT2D eigenvalue weighted by atomic mass is 35.5. The lowest BCUT2D eigenvalue weighted by Gasteiger charge is -2.06. The molecule has 0 aliphatic rings. The normalized spacial score (nSPS) is 10.5. The Kier molecular flexibility index (Phi) is 6.67. The van der Waals surface area contributed by atoms with Crippen LogP contribution in [0.1, 0.15) is 26.4 Å². The number of anilines is 1. The zero-order chi connectivity index (χ0) is 20.1. The first-order chi connectivity index (χ1) is 13.4. The number of halogens is 2. The molecule has 0 fully saturated rings. The fraction of sp³-hybridized carbons (Fsp3) is 0.150. The van der Waals surface area contributed by atoms with Crippen LogP contribution < -0.4 is 10.6 Å². The van der Waals surface area contributed by atoms with Gasteiger partial charge >= 0.3 is 0 Å². The number of aromatic nitrogens is 1. The summed E-state index contributed by atoms with van der Waals surface area (Å²) in [6, 6.07) is 12.6. The predicted molar refractivity (Wildman–Crippen MR) is 114 cm³/mol. The highest BCUT2D eigenvalue weighted by Crippen LogP contribution is 2.23. The molecule has 0 saturated carbocycles. The van der Waals surface area contributed by atoms with Gasteiger partial charge in [0.05, 0.1) is 17.1 Å². The lowest BCUT2D eigenvalue weighted by molar-refractivity contribution is -0.115. The Morgan fingerprint density at radius 3 is 2.64 bits per heavy atom. The van der Waals surface area contributed by atoms with E-state index in [1.54, 1.807) is 30.5 Å². The van der Waals surface area contributed by atoms with Gasteiger partial charge in [-0.15, -0.1) is 11.3 Å². The molecule has 2 N–H and O–H groups in total. The summed E-state index contributed by atoms with van der Waals surface area (Å²) < 4.78 is 0. The molecule has 1 aromatic heterocycles. The quantitative estimate of drug-likeness (QED) is 0.590. The van der Waals surface area contributed by atoms with Gasteiger partial charge in [-0.25, -0.2) is 4.98 Å². The molecule has 3 rings (SSSR count). The van der Waals surface area contributed by atoms with Crippen molar-refractivity contribution in [3.8, 4) is 0 Å². The molecule has 28 heavy (non-hydrogen) atoms. The summed E-state index contributed by atoms with van der Waals surface area (Å²) in [5, 5.41) is 6.77. The van der Waals surface area contributed by atoms with Crippen LogP contribution in [0.2, 0.25) is 10.0 Å². The molecule has 0 aliphatic carbocycles. The number of benzene rings is 2. The van der Waals surface area contributed by atoms with Crippen LogP contribution in [0.3, 0.4) is 0 Å². The minimum atomic E-state index is -0.406. The first-order valence-electron chi connectivity index (χ1n) is 8.44. The molecular formula is C20H17Cl2N3O2S. The van der Waals surface area contributed by atoms with E-state index in [0.717, 1.165) is 21.0 Å². The van der Waals surface area contributed by atoms with Gasteiger partial charge in [0.2, 0.25) is 5.91 Å². The number of amides is 2. The molecule has 2 aromatic carbocycles. The smallest absolute Gasteiger partial charge is 0.253 e. The number of nitrogens with zero attached hydrogens (tertiary/aromatic N) is 1. The molecule has 1 heterocycles. The molecule has 3 aromatic rings. The van der Waals surface area contributed by atoms with Gasteiger partial charge in [-0.3, -0.25) is 9.59 Å². The van der Waals surface area contributed by atoms with E-state index in [2.05, 4.69) is 15.6 Å². The molecule has 0 bridgehead atoms. The molecule has 0 saturated heterocycles. The number of thiazole rings is 1. The van der Waals surface area contributed by atoms with Crippen molar-refractivity contribution in [1.29, 1.82) is 0 Å². The Morgan fingerprint density at radius 1 is 1.11 bits per heavy atom. The predicted octanol–water partition coefficient (Wildman–Crippen LogP) is 4.72. The van der Waals surface area contributed by atoms with Crippen LogP contribution in [0.5, 0.6) is 0 Å². The van der Waals surface area contributed by atoms with Crippen molar-refractivity contribution >= 4 is 51.5 Å². The summed E-state index contributed by atoms with van der Waals surface area (Å²) in [6.45, 7) is 1.78. The number of nitrogens with one attached hydrogen (secondary N) is 2. The minimum Gasteiger partial charge on any atom is -0.343 e. The van der Waals surface area contributed by atoms with Gasteiger partial charge in [-0.1, -0.05) is 47.5 Å². The Morgan fingerprint density at radius 2 is 1.89 bits per heavy atom. The van der Waals surface area contributed by atoms with E-state index in [1.165, 1.54) is 11.3 Å². The van der Waals surface area contributed by atoms with Crippen molar-refractivity contribution in [2.75, 3.05) is 11.9 Å². The van der Waals surface area contributed by atoms with Gasteiger partial charge in [0, 0.05) is 22.5 Å². The van der Waals surface area contributed by atoms with Crippen molar-refractivity contribution in [3.05, 3.63) is 80.3 Å². The molecule has 144 valence electrons. The molecule has 0 unspecified atom stereocenters. The van der Waals surface area contributed by atoms with Crippen LogP contribution in [0.4, 0.5) is 5.13 Å². The van der Waals surface area contributed by atoms with Crippen molar-refractivity contribution in [3.63, 3.8) is 0 Å². The van der Waals surface area contributed by atoms with E-state index in [4.69, 9.17) is 23.2 Å². The van der Waals surface area contributed by atoms with Crippen molar-refractivity contribution in [1.82, 2.24) is 10.3 Å². The second-order valence-corrected chi connectivity index (χ2v) is 8.03. The third-order valence-electron chi connectivity index (χ3n) is 3.94. The third kappa shape index (κ3) is 5.32. The Hall–Kier alpha value is -2.41. The topological polar surface area (TPSA) is 71.1 Å². The van der Waals surface area contributed by atoms with Crippen LogP contribution in [-0.4, -0.2) is 23.3 Å². The van der Waals surface area contributed by atoms with Gasteiger partial charge in [0.25, 0.3) is 5.91 Å². The summed E-state index contributed by atoms with van der Waals surface area (Å²) in [7, 11) is 0. The summed E-state index contributed by atoms with van der Waals surface area (Å²) in [5.41, 5.74) is 2.43. The zero-order valence-corrected chi connectivity index (χ0v) is 17.3. The Balaban J connectivity index is 1.53. The van der Waals surface area contributed by atoms with Gasteiger partial charge in [0.15, 0.2) is 5.13 Å². The highest BCUT2D eigenvalue weighted by Gasteiger charge is 2.12. The Labute approximate surface area is 176 Å². The monoisotopic (exact) mass is 433 g/mol. The second-order valence-electron chi connectivity index (χ2n) is 6.10. The van der Waals surface area contributed by atoms with Crippen LogP contribution in [0, 0.1) is 6.92 Å². The first kappa shape index (κ1) is 20.3. The summed E-state index contributed by atoms with van der Waals surface area (Å²) in [5.74, 6) is -0.767. The molecule has 8 heteroatoms. The lowest BCUT2D eigenvalue weighted by Crippen LogP contribution is -2.32. The molecule has 2 amide bonds. The molecular weight excluding hydrogens is 417 g/mol. The maximum Gasteiger partial charge on any atom is 0.253 e. The minimum absolute atomic E-state index is 0.174. The van der Waals surface area contributed by atoms with Crippen molar-refractivity contribution in [2.45, 2.75) is 13.3 Å². The number of carbonyl (C=O) groups is 2. The summed E-state index contributed by atoms with van der Waals surface area (Å²) >= 11 is 13.5. The van der Waals surface area contributed by atoms with Crippen LogP contribution in [0.15, 0.2) is 48.7 Å².